The third-order valence-electron chi connectivity index (χ3n) is 2.95. The first-order valence-corrected chi connectivity index (χ1v) is 6.32. The van der Waals surface area contributed by atoms with E-state index in [1.165, 1.54) is 5.56 Å². The first-order chi connectivity index (χ1) is 9.10. The molecule has 1 aromatic carbocycles. The van der Waals surface area contributed by atoms with Crippen molar-refractivity contribution in [3.8, 4) is 11.6 Å². The largest absolute Gasteiger partial charge is 0.437 e. The van der Waals surface area contributed by atoms with Gasteiger partial charge in [-0.05, 0) is 36.1 Å². The highest BCUT2D eigenvalue weighted by atomic mass is 16.5. The first-order valence-electron chi connectivity index (χ1n) is 6.32. The maximum Gasteiger partial charge on any atom is 0.238 e. The summed E-state index contributed by atoms with van der Waals surface area (Å²) in [5.41, 5.74) is 2.80. The number of ether oxygens (including phenoxy) is 1. The van der Waals surface area contributed by atoms with Crippen LogP contribution in [0.3, 0.4) is 0 Å². The molecule has 0 aliphatic rings. The molecule has 0 fully saturated rings. The molecule has 0 amide bonds. The van der Waals surface area contributed by atoms with Gasteiger partial charge in [0.15, 0.2) is 0 Å². The molecule has 100 valence electrons. The zero-order chi connectivity index (χ0) is 13.8. The highest BCUT2D eigenvalue weighted by molar-refractivity contribution is 5.39. The lowest BCUT2D eigenvalue weighted by Gasteiger charge is -2.11. The van der Waals surface area contributed by atoms with Crippen molar-refractivity contribution >= 4 is 0 Å². The molecule has 4 heteroatoms. The Balaban J connectivity index is 2.23. The van der Waals surface area contributed by atoms with Gasteiger partial charge in [-0.15, -0.1) is 10.2 Å². The van der Waals surface area contributed by atoms with E-state index in [-0.39, 0.29) is 6.61 Å². The Hall–Kier alpha value is -1.94. The average Bonchev–Trinajstić information content (AvgIpc) is 2.42. The smallest absolute Gasteiger partial charge is 0.238 e. The second-order valence-electron chi connectivity index (χ2n) is 4.80. The SMILES string of the molecule is Cc1ccc(C(C)C)cc1Oc1ccc(CO)nn1. The zero-order valence-electron chi connectivity index (χ0n) is 11.4. The topological polar surface area (TPSA) is 55.2 Å². The van der Waals surface area contributed by atoms with Gasteiger partial charge in [0.25, 0.3) is 0 Å². The average molecular weight is 258 g/mol. The van der Waals surface area contributed by atoms with E-state index in [1.807, 2.05) is 19.1 Å². The quantitative estimate of drug-likeness (QED) is 0.915. The lowest BCUT2D eigenvalue weighted by atomic mass is 10.0. The minimum absolute atomic E-state index is 0.116. The number of benzene rings is 1. The number of aryl methyl sites for hydroxylation is 1. The number of hydrogen-bond donors (Lipinski definition) is 1. The Morgan fingerprint density at radius 1 is 1.16 bits per heavy atom. The van der Waals surface area contributed by atoms with E-state index in [0.717, 1.165) is 11.3 Å². The number of aromatic nitrogens is 2. The fraction of sp³-hybridized carbons (Fsp3) is 0.333. The van der Waals surface area contributed by atoms with Crippen LogP contribution >= 0.6 is 0 Å². The Kier molecular flexibility index (Phi) is 4.12. The maximum atomic E-state index is 8.92. The Labute approximate surface area is 113 Å². The van der Waals surface area contributed by atoms with E-state index in [4.69, 9.17) is 9.84 Å². The summed E-state index contributed by atoms with van der Waals surface area (Å²) in [5, 5.41) is 16.7. The molecule has 0 bridgehead atoms. The van der Waals surface area contributed by atoms with E-state index < -0.39 is 0 Å². The molecule has 1 heterocycles. The summed E-state index contributed by atoms with van der Waals surface area (Å²) in [6.45, 7) is 6.17. The van der Waals surface area contributed by atoms with Crippen LogP contribution in [0.25, 0.3) is 0 Å². The van der Waals surface area contributed by atoms with Gasteiger partial charge in [-0.3, -0.25) is 0 Å². The normalized spacial score (nSPS) is 10.8. The van der Waals surface area contributed by atoms with Crippen LogP contribution in [0, 0.1) is 6.92 Å². The summed E-state index contributed by atoms with van der Waals surface area (Å²) in [4.78, 5) is 0. The van der Waals surface area contributed by atoms with Crippen LogP contribution in [0.15, 0.2) is 30.3 Å². The predicted molar refractivity (Wildman–Crippen MR) is 73.3 cm³/mol. The summed E-state index contributed by atoms with van der Waals surface area (Å²) in [6, 6.07) is 9.58. The third kappa shape index (κ3) is 3.29. The zero-order valence-corrected chi connectivity index (χ0v) is 11.4. The molecular formula is C15H18N2O2. The maximum absolute atomic E-state index is 8.92. The van der Waals surface area contributed by atoms with E-state index in [0.29, 0.717) is 17.5 Å². The first kappa shape index (κ1) is 13.5. The molecule has 0 radical (unpaired) electrons. The van der Waals surface area contributed by atoms with E-state index in [9.17, 15) is 0 Å². The third-order valence-corrected chi connectivity index (χ3v) is 2.95. The Morgan fingerprint density at radius 2 is 1.95 bits per heavy atom. The monoisotopic (exact) mass is 258 g/mol. The number of aliphatic hydroxyl groups excluding tert-OH is 1. The molecule has 1 aromatic heterocycles. The van der Waals surface area contributed by atoms with Crippen molar-refractivity contribution in [1.29, 1.82) is 0 Å². The van der Waals surface area contributed by atoms with Crippen LogP contribution in [0.5, 0.6) is 11.6 Å². The number of nitrogens with zero attached hydrogens (tertiary/aromatic N) is 2. The van der Waals surface area contributed by atoms with Crippen molar-refractivity contribution in [2.75, 3.05) is 0 Å². The van der Waals surface area contributed by atoms with Crippen LogP contribution in [0.4, 0.5) is 0 Å². The lowest BCUT2D eigenvalue weighted by Crippen LogP contribution is -1.97. The van der Waals surface area contributed by atoms with Gasteiger partial charge in [-0.25, -0.2) is 0 Å². The van der Waals surface area contributed by atoms with Gasteiger partial charge in [0.1, 0.15) is 5.75 Å². The number of hydrogen-bond acceptors (Lipinski definition) is 4. The van der Waals surface area contributed by atoms with E-state index in [2.05, 4.69) is 30.1 Å². The fourth-order valence-electron chi connectivity index (χ4n) is 1.68. The molecule has 0 atom stereocenters. The van der Waals surface area contributed by atoms with Gasteiger partial charge >= 0.3 is 0 Å². The summed E-state index contributed by atoms with van der Waals surface area (Å²) >= 11 is 0. The van der Waals surface area contributed by atoms with Gasteiger partial charge in [0, 0.05) is 6.07 Å². The number of aliphatic hydroxyl groups is 1. The molecule has 0 saturated carbocycles. The van der Waals surface area contributed by atoms with E-state index >= 15 is 0 Å². The summed E-state index contributed by atoms with van der Waals surface area (Å²) in [5.74, 6) is 1.67. The molecule has 0 spiro atoms. The fourth-order valence-corrected chi connectivity index (χ4v) is 1.68. The standard InChI is InChI=1S/C15H18N2O2/c1-10(2)12-5-4-11(3)14(8-12)19-15-7-6-13(9-18)16-17-15/h4-8,10,18H,9H2,1-3H3. The molecule has 0 saturated heterocycles. The van der Waals surface area contributed by atoms with Crippen molar-refractivity contribution in [2.45, 2.75) is 33.3 Å². The van der Waals surface area contributed by atoms with Crippen LogP contribution in [0.2, 0.25) is 0 Å². The highest BCUT2D eigenvalue weighted by Gasteiger charge is 2.07. The van der Waals surface area contributed by atoms with Gasteiger partial charge < -0.3 is 9.84 Å². The van der Waals surface area contributed by atoms with Crippen LogP contribution in [-0.2, 0) is 6.61 Å². The van der Waals surface area contributed by atoms with Crippen molar-refractivity contribution in [2.24, 2.45) is 0 Å². The Bertz CT molecular complexity index is 551. The van der Waals surface area contributed by atoms with Crippen LogP contribution < -0.4 is 4.74 Å². The minimum Gasteiger partial charge on any atom is -0.437 e. The van der Waals surface area contributed by atoms with Crippen molar-refractivity contribution in [3.05, 3.63) is 47.2 Å². The molecule has 0 aliphatic heterocycles. The van der Waals surface area contributed by atoms with Gasteiger partial charge in [0.05, 0.1) is 12.3 Å². The van der Waals surface area contributed by atoms with Gasteiger partial charge in [-0.1, -0.05) is 26.0 Å². The van der Waals surface area contributed by atoms with Gasteiger partial charge in [0.2, 0.25) is 5.88 Å². The van der Waals surface area contributed by atoms with Gasteiger partial charge in [-0.2, -0.15) is 0 Å². The molecular weight excluding hydrogens is 240 g/mol. The van der Waals surface area contributed by atoms with Crippen LogP contribution in [-0.4, -0.2) is 15.3 Å². The molecule has 2 aromatic rings. The molecule has 0 aliphatic carbocycles. The molecule has 0 unspecified atom stereocenters. The second kappa shape index (κ2) is 5.80. The Morgan fingerprint density at radius 3 is 2.53 bits per heavy atom. The lowest BCUT2D eigenvalue weighted by molar-refractivity contribution is 0.274. The van der Waals surface area contributed by atoms with Crippen LogP contribution in [0.1, 0.15) is 36.6 Å². The molecule has 1 N–H and O–H groups in total. The highest BCUT2D eigenvalue weighted by Crippen LogP contribution is 2.27. The molecule has 4 nitrogen and oxygen atoms in total. The summed E-state index contributed by atoms with van der Waals surface area (Å²) in [6.07, 6.45) is 0. The minimum atomic E-state index is -0.116. The molecule has 19 heavy (non-hydrogen) atoms. The van der Waals surface area contributed by atoms with Crippen molar-refractivity contribution in [3.63, 3.8) is 0 Å². The summed E-state index contributed by atoms with van der Waals surface area (Å²) < 4.78 is 5.74. The van der Waals surface area contributed by atoms with Crippen molar-refractivity contribution < 1.29 is 9.84 Å². The predicted octanol–water partition coefficient (Wildman–Crippen LogP) is 3.19. The summed E-state index contributed by atoms with van der Waals surface area (Å²) in [7, 11) is 0. The molecule has 2 rings (SSSR count). The number of rotatable bonds is 4. The van der Waals surface area contributed by atoms with E-state index in [1.54, 1.807) is 12.1 Å². The second-order valence-corrected chi connectivity index (χ2v) is 4.80. The van der Waals surface area contributed by atoms with Crippen molar-refractivity contribution in [1.82, 2.24) is 10.2 Å².